The number of carbonyl (C=O) groups excluding carboxylic acids is 1. The summed E-state index contributed by atoms with van der Waals surface area (Å²) in [5.41, 5.74) is 0.910. The van der Waals surface area contributed by atoms with Crippen LogP contribution in [0.3, 0.4) is 0 Å². The van der Waals surface area contributed by atoms with Crippen LogP contribution in [0.25, 0.3) is 0 Å². The van der Waals surface area contributed by atoms with Gasteiger partial charge in [0.25, 0.3) is 0 Å². The molecule has 4 heteroatoms. The number of hydrogen-bond donors (Lipinski definition) is 1. The Hall–Kier alpha value is -1.58. The van der Waals surface area contributed by atoms with Crippen molar-refractivity contribution in [3.05, 3.63) is 29.6 Å². The van der Waals surface area contributed by atoms with Crippen molar-refractivity contribution >= 4 is 11.7 Å². The van der Waals surface area contributed by atoms with Crippen molar-refractivity contribution < 1.29 is 13.9 Å². The summed E-state index contributed by atoms with van der Waals surface area (Å²) < 4.78 is 18.1. The van der Waals surface area contributed by atoms with Gasteiger partial charge in [0.05, 0.1) is 18.4 Å². The van der Waals surface area contributed by atoms with Crippen molar-refractivity contribution in [3.8, 4) is 0 Å². The number of halogens is 1. The molecule has 0 bridgehead atoms. The molecule has 20 heavy (non-hydrogen) atoms. The van der Waals surface area contributed by atoms with E-state index in [4.69, 9.17) is 4.74 Å². The molecule has 1 N–H and O–H groups in total. The van der Waals surface area contributed by atoms with Crippen molar-refractivity contribution in [2.24, 2.45) is 11.8 Å². The molecular formula is C16H22FNO2. The largest absolute Gasteiger partial charge is 0.465 e. The first-order valence-electron chi connectivity index (χ1n) is 7.22. The summed E-state index contributed by atoms with van der Waals surface area (Å²) in [5, 5.41) is 3.22. The molecule has 1 aliphatic carbocycles. The van der Waals surface area contributed by atoms with Crippen LogP contribution < -0.4 is 5.32 Å². The number of ether oxygens (including phenoxy) is 1. The quantitative estimate of drug-likeness (QED) is 0.851. The summed E-state index contributed by atoms with van der Waals surface area (Å²) in [7, 11) is 1.33. The van der Waals surface area contributed by atoms with E-state index in [0.717, 1.165) is 12.5 Å². The van der Waals surface area contributed by atoms with Crippen LogP contribution in [-0.2, 0) is 4.74 Å². The molecule has 1 aromatic rings. The second-order valence-corrected chi connectivity index (χ2v) is 5.70. The van der Waals surface area contributed by atoms with Crippen LogP contribution in [0.1, 0.15) is 43.0 Å². The van der Waals surface area contributed by atoms with Gasteiger partial charge in [-0.25, -0.2) is 9.18 Å². The van der Waals surface area contributed by atoms with Crippen molar-refractivity contribution in [1.29, 1.82) is 0 Å². The van der Waals surface area contributed by atoms with E-state index in [-0.39, 0.29) is 5.82 Å². The number of rotatable bonds is 4. The third-order valence-electron chi connectivity index (χ3n) is 4.01. The average Bonchev–Trinajstić information content (AvgIpc) is 2.44. The molecule has 1 aliphatic rings. The van der Waals surface area contributed by atoms with Gasteiger partial charge in [-0.15, -0.1) is 0 Å². The second kappa shape index (κ2) is 6.73. The Kier molecular flexibility index (Phi) is 4.99. The summed E-state index contributed by atoms with van der Waals surface area (Å²) in [6.07, 6.45) is 4.93. The molecule has 2 unspecified atom stereocenters. The molecule has 110 valence electrons. The molecule has 0 amide bonds. The van der Waals surface area contributed by atoms with Gasteiger partial charge in [-0.2, -0.15) is 0 Å². The molecular weight excluding hydrogens is 257 g/mol. The molecule has 2 atom stereocenters. The minimum atomic E-state index is -0.440. The number of hydrogen-bond acceptors (Lipinski definition) is 3. The monoisotopic (exact) mass is 279 g/mol. The Bertz CT molecular complexity index is 476. The lowest BCUT2D eigenvalue weighted by atomic mass is 9.82. The van der Waals surface area contributed by atoms with Gasteiger partial charge in [0.1, 0.15) is 5.82 Å². The van der Waals surface area contributed by atoms with Crippen molar-refractivity contribution in [2.45, 2.75) is 32.6 Å². The topological polar surface area (TPSA) is 38.3 Å². The van der Waals surface area contributed by atoms with E-state index in [9.17, 15) is 9.18 Å². The van der Waals surface area contributed by atoms with E-state index in [1.165, 1.54) is 51.0 Å². The fraction of sp³-hybridized carbons (Fsp3) is 0.562. The summed E-state index contributed by atoms with van der Waals surface area (Å²) in [4.78, 5) is 11.7. The lowest BCUT2D eigenvalue weighted by Gasteiger charge is -2.27. The standard InChI is InChI=1S/C16H22FNO2/c1-11-4-3-5-12(8-11)10-18-15-9-13(17)6-7-14(15)16(19)20-2/h6-7,9,11-12,18H,3-5,8,10H2,1-2H3. The van der Waals surface area contributed by atoms with Crippen LogP contribution in [-0.4, -0.2) is 19.6 Å². The number of methoxy groups -OCH3 is 1. The average molecular weight is 279 g/mol. The third-order valence-corrected chi connectivity index (χ3v) is 4.01. The number of nitrogens with one attached hydrogen (secondary N) is 1. The fourth-order valence-corrected chi connectivity index (χ4v) is 2.95. The van der Waals surface area contributed by atoms with E-state index in [2.05, 4.69) is 12.2 Å². The highest BCUT2D eigenvalue weighted by molar-refractivity contribution is 5.95. The van der Waals surface area contributed by atoms with Gasteiger partial charge >= 0.3 is 5.97 Å². The molecule has 0 radical (unpaired) electrons. The first-order chi connectivity index (χ1) is 9.60. The minimum absolute atomic E-state index is 0.350. The van der Waals surface area contributed by atoms with Crippen molar-refractivity contribution in [1.82, 2.24) is 0 Å². The molecule has 0 aliphatic heterocycles. The van der Waals surface area contributed by atoms with Crippen LogP contribution in [0, 0.1) is 17.7 Å². The van der Waals surface area contributed by atoms with E-state index in [1.54, 1.807) is 0 Å². The molecule has 1 saturated carbocycles. The van der Waals surface area contributed by atoms with E-state index in [1.807, 2.05) is 0 Å². The van der Waals surface area contributed by atoms with Gasteiger partial charge in [-0.1, -0.05) is 19.8 Å². The lowest BCUT2D eigenvalue weighted by Crippen LogP contribution is -2.22. The summed E-state index contributed by atoms with van der Waals surface area (Å²) >= 11 is 0. The van der Waals surface area contributed by atoms with Gasteiger partial charge in [0.2, 0.25) is 0 Å². The van der Waals surface area contributed by atoms with Gasteiger partial charge in [0, 0.05) is 6.54 Å². The van der Waals surface area contributed by atoms with Crippen LogP contribution in [0.2, 0.25) is 0 Å². The van der Waals surface area contributed by atoms with Crippen molar-refractivity contribution in [2.75, 3.05) is 19.0 Å². The third kappa shape index (κ3) is 3.71. The van der Waals surface area contributed by atoms with Gasteiger partial charge < -0.3 is 10.1 Å². The molecule has 0 aromatic heterocycles. The summed E-state index contributed by atoms with van der Waals surface area (Å²) in [6, 6.07) is 4.10. The van der Waals surface area contributed by atoms with Gasteiger partial charge in [0.15, 0.2) is 0 Å². The first kappa shape index (κ1) is 14.8. The molecule has 1 aromatic carbocycles. The smallest absolute Gasteiger partial charge is 0.339 e. The summed E-state index contributed by atoms with van der Waals surface area (Å²) in [5.74, 6) is 0.553. The van der Waals surface area contributed by atoms with Crippen LogP contribution in [0.5, 0.6) is 0 Å². The zero-order valence-corrected chi connectivity index (χ0v) is 12.1. The lowest BCUT2D eigenvalue weighted by molar-refractivity contribution is 0.0601. The highest BCUT2D eigenvalue weighted by Gasteiger charge is 2.20. The number of carbonyl (C=O) groups is 1. The highest BCUT2D eigenvalue weighted by atomic mass is 19.1. The Morgan fingerprint density at radius 1 is 1.45 bits per heavy atom. The Morgan fingerprint density at radius 3 is 2.95 bits per heavy atom. The van der Waals surface area contributed by atoms with Crippen LogP contribution in [0.15, 0.2) is 18.2 Å². The normalized spacial score (nSPS) is 22.4. The Balaban J connectivity index is 2.04. The number of benzene rings is 1. The minimum Gasteiger partial charge on any atom is -0.465 e. The predicted octanol–water partition coefficient (Wildman–Crippen LogP) is 3.85. The Labute approximate surface area is 119 Å². The van der Waals surface area contributed by atoms with Gasteiger partial charge in [-0.05, 0) is 42.9 Å². The fourth-order valence-electron chi connectivity index (χ4n) is 2.95. The van der Waals surface area contributed by atoms with E-state index < -0.39 is 5.97 Å². The maximum atomic E-state index is 13.4. The number of esters is 1. The van der Waals surface area contributed by atoms with Gasteiger partial charge in [-0.3, -0.25) is 0 Å². The number of anilines is 1. The molecule has 0 saturated heterocycles. The van der Waals surface area contributed by atoms with Crippen LogP contribution in [0.4, 0.5) is 10.1 Å². The maximum Gasteiger partial charge on any atom is 0.339 e. The predicted molar refractivity (Wildman–Crippen MR) is 77.4 cm³/mol. The molecule has 1 fully saturated rings. The first-order valence-corrected chi connectivity index (χ1v) is 7.22. The van der Waals surface area contributed by atoms with E-state index >= 15 is 0 Å². The molecule has 0 heterocycles. The Morgan fingerprint density at radius 2 is 2.25 bits per heavy atom. The molecule has 3 nitrogen and oxygen atoms in total. The second-order valence-electron chi connectivity index (χ2n) is 5.70. The zero-order chi connectivity index (χ0) is 14.5. The summed E-state index contributed by atoms with van der Waals surface area (Å²) in [6.45, 7) is 3.05. The van der Waals surface area contributed by atoms with Crippen molar-refractivity contribution in [3.63, 3.8) is 0 Å². The molecule has 2 rings (SSSR count). The van der Waals surface area contributed by atoms with Crippen LogP contribution >= 0.6 is 0 Å². The SMILES string of the molecule is COC(=O)c1ccc(F)cc1NCC1CCCC(C)C1. The maximum absolute atomic E-state index is 13.4. The van der Waals surface area contributed by atoms with E-state index in [0.29, 0.717) is 17.2 Å². The highest BCUT2D eigenvalue weighted by Crippen LogP contribution is 2.29. The molecule has 0 spiro atoms. The zero-order valence-electron chi connectivity index (χ0n) is 12.1.